The second kappa shape index (κ2) is 7.38. The van der Waals surface area contributed by atoms with Crippen molar-refractivity contribution in [2.24, 2.45) is 5.41 Å². The quantitative estimate of drug-likeness (QED) is 0.659. The molecule has 1 unspecified atom stereocenters. The van der Waals surface area contributed by atoms with Crippen molar-refractivity contribution in [3.8, 4) is 0 Å². The summed E-state index contributed by atoms with van der Waals surface area (Å²) >= 11 is 0. The van der Waals surface area contributed by atoms with Gasteiger partial charge in [0.05, 0.1) is 23.4 Å². The standard InChI is InChI=1S/C24H30FN3O4/c1-22-13-16-14-26-28(19-7-5-18(25)6-8-19)20(16)12-17(22)4-3-10-24(22)15-27(11-9-21(29)30)23(2,31)32-24/h5-8,12,26,31H,3-4,9-11,13-15H2,1-2H3,(H,29,30)/t22-,23?,24+/m0/s1. The highest BCUT2D eigenvalue weighted by Gasteiger charge is 2.63. The second-order valence-corrected chi connectivity index (χ2v) is 9.76. The number of carboxylic acids is 1. The predicted octanol–water partition coefficient (Wildman–Crippen LogP) is 3.14. The summed E-state index contributed by atoms with van der Waals surface area (Å²) in [6.07, 6.45) is 5.70. The molecule has 4 aliphatic rings. The van der Waals surface area contributed by atoms with Crippen LogP contribution in [-0.2, 0) is 9.53 Å². The van der Waals surface area contributed by atoms with Gasteiger partial charge in [-0.25, -0.2) is 14.7 Å². The molecule has 1 aromatic rings. The van der Waals surface area contributed by atoms with E-state index in [2.05, 4.69) is 18.4 Å². The number of hydrogen-bond donors (Lipinski definition) is 3. The molecule has 0 bridgehead atoms. The van der Waals surface area contributed by atoms with Crippen LogP contribution in [0, 0.1) is 11.2 Å². The number of aliphatic hydroxyl groups is 1. The Bertz CT molecular complexity index is 1010. The molecule has 172 valence electrons. The summed E-state index contributed by atoms with van der Waals surface area (Å²) in [5, 5.41) is 22.2. The number of anilines is 1. The number of hydrogen-bond acceptors (Lipinski definition) is 6. The van der Waals surface area contributed by atoms with Crippen molar-refractivity contribution < 1.29 is 24.1 Å². The van der Waals surface area contributed by atoms with Crippen LogP contribution in [0.25, 0.3) is 0 Å². The number of fused-ring (bicyclic) bond motifs is 2. The lowest BCUT2D eigenvalue weighted by Gasteiger charge is -2.52. The van der Waals surface area contributed by atoms with Crippen molar-refractivity contribution in [3.05, 3.63) is 53.0 Å². The van der Waals surface area contributed by atoms with Gasteiger partial charge in [0.25, 0.3) is 0 Å². The lowest BCUT2D eigenvalue weighted by Crippen LogP contribution is -2.54. The molecule has 5 rings (SSSR count). The van der Waals surface area contributed by atoms with Gasteiger partial charge in [0.15, 0.2) is 0 Å². The molecular weight excluding hydrogens is 413 g/mol. The highest BCUT2D eigenvalue weighted by atomic mass is 19.1. The Hall–Kier alpha value is -2.26. The van der Waals surface area contributed by atoms with E-state index in [-0.39, 0.29) is 24.2 Å². The van der Waals surface area contributed by atoms with Crippen LogP contribution in [0.2, 0.25) is 0 Å². The zero-order valence-electron chi connectivity index (χ0n) is 18.5. The molecule has 2 aliphatic carbocycles. The van der Waals surface area contributed by atoms with Crippen LogP contribution in [0.3, 0.4) is 0 Å². The number of benzene rings is 1. The molecule has 1 aromatic carbocycles. The zero-order chi connectivity index (χ0) is 22.7. The monoisotopic (exact) mass is 443 g/mol. The van der Waals surface area contributed by atoms with Crippen molar-refractivity contribution in [3.63, 3.8) is 0 Å². The molecule has 1 saturated heterocycles. The van der Waals surface area contributed by atoms with Crippen LogP contribution >= 0.6 is 0 Å². The SMILES string of the molecule is CC1(O)O[C@]2(CCCC3=CC4=C(CNN4c4ccc(F)cc4)C[C@@]32C)CN1CCC(=O)O. The van der Waals surface area contributed by atoms with Crippen molar-refractivity contribution >= 4 is 11.7 Å². The Labute approximate surface area is 187 Å². The molecule has 0 amide bonds. The summed E-state index contributed by atoms with van der Waals surface area (Å²) < 4.78 is 19.8. The second-order valence-electron chi connectivity index (χ2n) is 9.76. The molecular formula is C24H30FN3O4. The number of allylic oxidation sites excluding steroid dienone is 1. The van der Waals surface area contributed by atoms with E-state index in [1.54, 1.807) is 24.0 Å². The van der Waals surface area contributed by atoms with E-state index < -0.39 is 17.5 Å². The number of carbonyl (C=O) groups is 1. The average molecular weight is 444 g/mol. The smallest absolute Gasteiger partial charge is 0.304 e. The van der Waals surface area contributed by atoms with Gasteiger partial charge in [-0.15, -0.1) is 0 Å². The van der Waals surface area contributed by atoms with Crippen molar-refractivity contribution in [2.75, 3.05) is 24.6 Å². The van der Waals surface area contributed by atoms with Crippen LogP contribution in [0.5, 0.6) is 0 Å². The summed E-state index contributed by atoms with van der Waals surface area (Å²) in [5.74, 6) is -2.64. The number of aliphatic carboxylic acids is 1. The lowest BCUT2D eigenvalue weighted by atomic mass is 9.57. The molecule has 7 nitrogen and oxygen atoms in total. The first-order chi connectivity index (χ1) is 15.1. The fourth-order valence-corrected chi connectivity index (χ4v) is 6.01. The fraction of sp³-hybridized carbons (Fsp3) is 0.542. The Balaban J connectivity index is 1.46. The average Bonchev–Trinajstić information content (AvgIpc) is 3.24. The van der Waals surface area contributed by atoms with Crippen LogP contribution in [0.4, 0.5) is 10.1 Å². The van der Waals surface area contributed by atoms with Gasteiger partial charge in [-0.2, -0.15) is 0 Å². The number of hydrazine groups is 1. The Morgan fingerprint density at radius 3 is 2.75 bits per heavy atom. The minimum atomic E-state index is -1.50. The summed E-state index contributed by atoms with van der Waals surface area (Å²) in [6.45, 7) is 5.28. The van der Waals surface area contributed by atoms with Crippen LogP contribution < -0.4 is 10.4 Å². The van der Waals surface area contributed by atoms with Gasteiger partial charge in [-0.1, -0.05) is 12.5 Å². The highest BCUT2D eigenvalue weighted by Crippen LogP contribution is 2.59. The predicted molar refractivity (Wildman–Crippen MR) is 117 cm³/mol. The summed E-state index contributed by atoms with van der Waals surface area (Å²) in [6, 6.07) is 6.46. The van der Waals surface area contributed by atoms with Gasteiger partial charge in [-0.05, 0) is 61.6 Å². The van der Waals surface area contributed by atoms with E-state index in [4.69, 9.17) is 9.84 Å². The molecule has 1 spiro atoms. The van der Waals surface area contributed by atoms with E-state index in [0.717, 1.165) is 37.1 Å². The Morgan fingerprint density at radius 1 is 1.28 bits per heavy atom. The van der Waals surface area contributed by atoms with E-state index in [0.29, 0.717) is 13.1 Å². The van der Waals surface area contributed by atoms with E-state index in [1.807, 2.05) is 5.01 Å². The summed E-state index contributed by atoms with van der Waals surface area (Å²) in [7, 11) is 0. The van der Waals surface area contributed by atoms with Gasteiger partial charge in [0.2, 0.25) is 5.91 Å². The largest absolute Gasteiger partial charge is 0.481 e. The molecule has 3 atom stereocenters. The molecule has 8 heteroatoms. The number of carboxylic acid groups (broad SMARTS) is 1. The van der Waals surface area contributed by atoms with Gasteiger partial charge in [0.1, 0.15) is 5.82 Å². The van der Waals surface area contributed by atoms with Crippen LogP contribution in [-0.4, -0.2) is 52.2 Å². The maximum Gasteiger partial charge on any atom is 0.304 e. The first-order valence-corrected chi connectivity index (χ1v) is 11.3. The van der Waals surface area contributed by atoms with E-state index >= 15 is 0 Å². The minimum Gasteiger partial charge on any atom is -0.481 e. The van der Waals surface area contributed by atoms with E-state index in [9.17, 15) is 14.3 Å². The van der Waals surface area contributed by atoms with Crippen molar-refractivity contribution in [1.29, 1.82) is 0 Å². The first-order valence-electron chi connectivity index (χ1n) is 11.3. The van der Waals surface area contributed by atoms with E-state index in [1.165, 1.54) is 23.3 Å². The third kappa shape index (κ3) is 3.28. The molecule has 2 heterocycles. The zero-order valence-corrected chi connectivity index (χ0v) is 18.5. The maximum absolute atomic E-state index is 13.4. The van der Waals surface area contributed by atoms with Crippen LogP contribution in [0.1, 0.15) is 46.0 Å². The van der Waals surface area contributed by atoms with Crippen LogP contribution in [0.15, 0.2) is 47.2 Å². The molecule has 2 fully saturated rings. The molecule has 0 radical (unpaired) electrons. The van der Waals surface area contributed by atoms with Gasteiger partial charge in [0, 0.05) is 32.0 Å². The topological polar surface area (TPSA) is 85.3 Å². The first kappa shape index (κ1) is 21.6. The molecule has 0 aromatic heterocycles. The number of halogens is 1. The molecule has 3 N–H and O–H groups in total. The molecule has 32 heavy (non-hydrogen) atoms. The summed E-state index contributed by atoms with van der Waals surface area (Å²) in [5.41, 5.74) is 7.08. The van der Waals surface area contributed by atoms with Crippen molar-refractivity contribution in [2.45, 2.75) is 57.5 Å². The number of rotatable bonds is 4. The Morgan fingerprint density at radius 2 is 2.03 bits per heavy atom. The number of nitrogens with zero attached hydrogens (tertiary/aromatic N) is 2. The van der Waals surface area contributed by atoms with Gasteiger partial charge >= 0.3 is 5.97 Å². The molecule has 1 saturated carbocycles. The third-order valence-electron chi connectivity index (χ3n) is 7.77. The fourth-order valence-electron chi connectivity index (χ4n) is 6.01. The van der Waals surface area contributed by atoms with Gasteiger partial charge < -0.3 is 14.9 Å². The Kier molecular flexibility index (Phi) is 4.98. The lowest BCUT2D eigenvalue weighted by molar-refractivity contribution is -0.279. The van der Waals surface area contributed by atoms with Gasteiger partial charge in [-0.3, -0.25) is 9.80 Å². The number of nitrogens with one attached hydrogen (secondary N) is 1. The summed E-state index contributed by atoms with van der Waals surface area (Å²) in [4.78, 5) is 12.9. The maximum atomic E-state index is 13.4. The highest BCUT2D eigenvalue weighted by molar-refractivity contribution is 5.67. The minimum absolute atomic E-state index is 0.0408. The van der Waals surface area contributed by atoms with Crippen molar-refractivity contribution in [1.82, 2.24) is 10.3 Å². The number of ether oxygens (including phenoxy) is 1. The third-order valence-corrected chi connectivity index (χ3v) is 7.77. The normalized spacial score (nSPS) is 34.6. The molecule has 2 aliphatic heterocycles.